The van der Waals surface area contributed by atoms with Gasteiger partial charge in [0.25, 0.3) is 0 Å². The van der Waals surface area contributed by atoms with Crippen LogP contribution in [0.1, 0.15) is 55.6 Å². The fourth-order valence-corrected chi connectivity index (χ4v) is 2.51. The van der Waals surface area contributed by atoms with Crippen molar-refractivity contribution in [3.63, 3.8) is 0 Å². The van der Waals surface area contributed by atoms with Crippen LogP contribution in [0.3, 0.4) is 0 Å². The van der Waals surface area contributed by atoms with Crippen molar-refractivity contribution in [1.29, 1.82) is 0 Å². The Kier molecular flexibility index (Phi) is 3.42. The molecule has 0 saturated heterocycles. The molecule has 0 amide bonds. The Balaban J connectivity index is 2.18. The molecule has 1 aliphatic rings. The Morgan fingerprint density at radius 1 is 1.33 bits per heavy atom. The van der Waals surface area contributed by atoms with Crippen LogP contribution in [-0.4, -0.2) is 6.54 Å². The van der Waals surface area contributed by atoms with E-state index in [1.165, 1.54) is 36.8 Å². The molecule has 1 aliphatic carbocycles. The Morgan fingerprint density at radius 3 is 2.73 bits per heavy atom. The molecule has 1 unspecified atom stereocenters. The van der Waals surface area contributed by atoms with Gasteiger partial charge >= 0.3 is 0 Å². The maximum Gasteiger partial charge on any atom is -0.00109 e. The van der Waals surface area contributed by atoms with Crippen molar-refractivity contribution in [1.82, 2.24) is 0 Å². The first kappa shape index (κ1) is 10.7. The summed E-state index contributed by atoms with van der Waals surface area (Å²) >= 11 is 0. The van der Waals surface area contributed by atoms with Crippen LogP contribution < -0.4 is 5.73 Å². The number of hydrogen-bond donors (Lipinski definition) is 1. The predicted octanol–water partition coefficient (Wildman–Crippen LogP) is 3.41. The van der Waals surface area contributed by atoms with Crippen LogP contribution in [0.15, 0.2) is 24.3 Å². The molecule has 1 fully saturated rings. The smallest absolute Gasteiger partial charge is 0.00109 e. The van der Waals surface area contributed by atoms with Gasteiger partial charge in [-0.2, -0.15) is 0 Å². The van der Waals surface area contributed by atoms with Crippen LogP contribution >= 0.6 is 0 Å². The first-order valence-corrected chi connectivity index (χ1v) is 6.11. The zero-order valence-corrected chi connectivity index (χ0v) is 9.58. The molecule has 0 spiro atoms. The molecule has 0 bridgehead atoms. The third-order valence-electron chi connectivity index (χ3n) is 3.66. The third-order valence-corrected chi connectivity index (χ3v) is 3.66. The van der Waals surface area contributed by atoms with Crippen molar-refractivity contribution in [3.05, 3.63) is 35.4 Å². The molecule has 1 aromatic rings. The standard InChI is InChI=1S/C14H21N/c1-11(10-15)13-7-4-8-14(9-13)12-5-2-3-6-12/h4,7-9,11-12H,2-3,5-6,10,15H2,1H3. The lowest BCUT2D eigenvalue weighted by atomic mass is 9.92. The molecular formula is C14H21N. The summed E-state index contributed by atoms with van der Waals surface area (Å²) in [5.74, 6) is 1.31. The second-order valence-electron chi connectivity index (χ2n) is 4.79. The molecule has 1 heteroatoms. The second-order valence-corrected chi connectivity index (χ2v) is 4.79. The Morgan fingerprint density at radius 2 is 2.07 bits per heavy atom. The van der Waals surface area contributed by atoms with Gasteiger partial charge in [0.15, 0.2) is 0 Å². The zero-order valence-electron chi connectivity index (χ0n) is 9.58. The van der Waals surface area contributed by atoms with E-state index in [1.807, 2.05) is 0 Å². The minimum Gasteiger partial charge on any atom is -0.330 e. The van der Waals surface area contributed by atoms with E-state index in [0.29, 0.717) is 5.92 Å². The SMILES string of the molecule is CC(CN)c1cccc(C2CCCC2)c1. The van der Waals surface area contributed by atoms with Gasteiger partial charge in [-0.3, -0.25) is 0 Å². The molecule has 0 aliphatic heterocycles. The van der Waals surface area contributed by atoms with Gasteiger partial charge in [0, 0.05) is 0 Å². The lowest BCUT2D eigenvalue weighted by Gasteiger charge is -2.14. The average molecular weight is 203 g/mol. The van der Waals surface area contributed by atoms with Crippen LogP contribution in [0.4, 0.5) is 0 Å². The van der Waals surface area contributed by atoms with Crippen LogP contribution in [0.25, 0.3) is 0 Å². The topological polar surface area (TPSA) is 26.0 Å². The van der Waals surface area contributed by atoms with Crippen molar-refractivity contribution < 1.29 is 0 Å². The summed E-state index contributed by atoms with van der Waals surface area (Å²) in [6.45, 7) is 2.95. The van der Waals surface area contributed by atoms with Gasteiger partial charge < -0.3 is 5.73 Å². The highest BCUT2D eigenvalue weighted by Crippen LogP contribution is 2.34. The maximum absolute atomic E-state index is 5.71. The minimum atomic E-state index is 0.492. The molecule has 1 nitrogen and oxygen atoms in total. The average Bonchev–Trinajstić information content (AvgIpc) is 2.82. The Hall–Kier alpha value is -0.820. The molecular weight excluding hydrogens is 182 g/mol. The summed E-state index contributed by atoms with van der Waals surface area (Å²) in [6.07, 6.45) is 5.56. The Bertz CT molecular complexity index is 313. The molecule has 2 rings (SSSR count). The molecule has 1 saturated carbocycles. The van der Waals surface area contributed by atoms with Crippen molar-refractivity contribution in [3.8, 4) is 0 Å². The van der Waals surface area contributed by atoms with Crippen molar-refractivity contribution >= 4 is 0 Å². The molecule has 82 valence electrons. The normalized spacial score (nSPS) is 19.3. The first-order valence-electron chi connectivity index (χ1n) is 6.11. The van der Waals surface area contributed by atoms with E-state index in [9.17, 15) is 0 Å². The van der Waals surface area contributed by atoms with Crippen LogP contribution in [0, 0.1) is 0 Å². The number of nitrogens with two attached hydrogens (primary N) is 1. The van der Waals surface area contributed by atoms with E-state index in [1.54, 1.807) is 0 Å². The van der Waals surface area contributed by atoms with Gasteiger partial charge in [0.2, 0.25) is 0 Å². The summed E-state index contributed by atoms with van der Waals surface area (Å²) in [5, 5.41) is 0. The Labute approximate surface area is 92.7 Å². The fourth-order valence-electron chi connectivity index (χ4n) is 2.51. The summed E-state index contributed by atoms with van der Waals surface area (Å²) in [7, 11) is 0. The minimum absolute atomic E-state index is 0.492. The van der Waals surface area contributed by atoms with Crippen LogP contribution in [-0.2, 0) is 0 Å². The van der Waals surface area contributed by atoms with Crippen LogP contribution in [0.2, 0.25) is 0 Å². The second kappa shape index (κ2) is 4.80. The van der Waals surface area contributed by atoms with E-state index in [2.05, 4.69) is 31.2 Å². The lowest BCUT2D eigenvalue weighted by molar-refractivity contribution is 0.714. The molecule has 1 aromatic carbocycles. The molecule has 0 heterocycles. The van der Waals surface area contributed by atoms with E-state index in [4.69, 9.17) is 5.73 Å². The van der Waals surface area contributed by atoms with Crippen molar-refractivity contribution in [2.24, 2.45) is 5.73 Å². The molecule has 2 N–H and O–H groups in total. The van der Waals surface area contributed by atoms with Crippen LogP contribution in [0.5, 0.6) is 0 Å². The largest absolute Gasteiger partial charge is 0.330 e. The van der Waals surface area contributed by atoms with Crippen molar-refractivity contribution in [2.75, 3.05) is 6.54 Å². The zero-order chi connectivity index (χ0) is 10.7. The predicted molar refractivity (Wildman–Crippen MR) is 65.1 cm³/mol. The third kappa shape index (κ3) is 2.40. The number of rotatable bonds is 3. The molecule has 0 radical (unpaired) electrons. The summed E-state index contributed by atoms with van der Waals surface area (Å²) < 4.78 is 0. The van der Waals surface area contributed by atoms with Crippen molar-refractivity contribution in [2.45, 2.75) is 44.4 Å². The molecule has 1 atom stereocenters. The highest BCUT2D eigenvalue weighted by Gasteiger charge is 2.17. The van der Waals surface area contributed by atoms with Gasteiger partial charge in [0.1, 0.15) is 0 Å². The molecule has 15 heavy (non-hydrogen) atoms. The highest BCUT2D eigenvalue weighted by molar-refractivity contribution is 5.29. The first-order chi connectivity index (χ1) is 7.31. The number of benzene rings is 1. The lowest BCUT2D eigenvalue weighted by Crippen LogP contribution is -2.09. The van der Waals surface area contributed by atoms with Gasteiger partial charge in [-0.25, -0.2) is 0 Å². The number of hydrogen-bond acceptors (Lipinski definition) is 1. The quantitative estimate of drug-likeness (QED) is 0.800. The monoisotopic (exact) mass is 203 g/mol. The van der Waals surface area contributed by atoms with Gasteiger partial charge in [-0.1, -0.05) is 44.0 Å². The van der Waals surface area contributed by atoms with E-state index in [0.717, 1.165) is 12.5 Å². The van der Waals surface area contributed by atoms with E-state index >= 15 is 0 Å². The van der Waals surface area contributed by atoms with Gasteiger partial charge in [0.05, 0.1) is 0 Å². The van der Waals surface area contributed by atoms with E-state index in [-0.39, 0.29) is 0 Å². The molecule has 0 aromatic heterocycles. The van der Waals surface area contributed by atoms with E-state index < -0.39 is 0 Å². The highest BCUT2D eigenvalue weighted by atomic mass is 14.5. The summed E-state index contributed by atoms with van der Waals surface area (Å²) in [6, 6.07) is 9.04. The summed E-state index contributed by atoms with van der Waals surface area (Å²) in [5.41, 5.74) is 8.64. The fraction of sp³-hybridized carbons (Fsp3) is 0.571. The summed E-state index contributed by atoms with van der Waals surface area (Å²) in [4.78, 5) is 0. The maximum atomic E-state index is 5.71. The van der Waals surface area contributed by atoms with Gasteiger partial charge in [-0.15, -0.1) is 0 Å². The van der Waals surface area contributed by atoms with Gasteiger partial charge in [-0.05, 0) is 42.3 Å².